The quantitative estimate of drug-likeness (QED) is 0.587. The van der Waals surface area contributed by atoms with Gasteiger partial charge in [-0.1, -0.05) is 31.6 Å². The third-order valence-corrected chi connectivity index (χ3v) is 3.95. The van der Waals surface area contributed by atoms with E-state index in [1.165, 1.54) is 24.5 Å². The van der Waals surface area contributed by atoms with Crippen LogP contribution in [0.2, 0.25) is 0 Å². The van der Waals surface area contributed by atoms with Gasteiger partial charge in [-0.25, -0.2) is 4.79 Å². The van der Waals surface area contributed by atoms with Gasteiger partial charge in [-0.15, -0.1) is 0 Å². The van der Waals surface area contributed by atoms with Crippen molar-refractivity contribution < 1.29 is 9.90 Å². The molecular formula is C15H24O2. The average molecular weight is 236 g/mol. The highest BCUT2D eigenvalue weighted by Crippen LogP contribution is 2.45. The monoisotopic (exact) mass is 236 g/mol. The summed E-state index contributed by atoms with van der Waals surface area (Å²) in [7, 11) is 0. The molecule has 0 aliphatic heterocycles. The minimum atomic E-state index is -0.843. The topological polar surface area (TPSA) is 37.3 Å². The highest BCUT2D eigenvalue weighted by atomic mass is 16.4. The van der Waals surface area contributed by atoms with Crippen LogP contribution < -0.4 is 0 Å². The van der Waals surface area contributed by atoms with E-state index in [0.717, 1.165) is 24.8 Å². The molecular weight excluding hydrogens is 212 g/mol. The maximum absolute atomic E-state index is 10.6. The molecule has 0 heterocycles. The summed E-state index contributed by atoms with van der Waals surface area (Å²) in [4.78, 5) is 10.6. The van der Waals surface area contributed by atoms with E-state index in [9.17, 15) is 4.79 Å². The van der Waals surface area contributed by atoms with Crippen LogP contribution in [0.4, 0.5) is 0 Å². The van der Waals surface area contributed by atoms with E-state index in [0.29, 0.717) is 11.3 Å². The smallest absolute Gasteiger partial charge is 0.328 e. The lowest BCUT2D eigenvalue weighted by Crippen LogP contribution is -2.29. The van der Waals surface area contributed by atoms with Crippen LogP contribution in [0.3, 0.4) is 0 Å². The Morgan fingerprint density at radius 3 is 2.76 bits per heavy atom. The first-order chi connectivity index (χ1) is 7.83. The second kappa shape index (κ2) is 5.52. The Hall–Kier alpha value is -1.05. The number of hydrogen-bond acceptors (Lipinski definition) is 1. The van der Waals surface area contributed by atoms with Crippen molar-refractivity contribution in [2.24, 2.45) is 11.3 Å². The van der Waals surface area contributed by atoms with Gasteiger partial charge < -0.3 is 5.11 Å². The van der Waals surface area contributed by atoms with E-state index in [1.807, 2.05) is 6.92 Å². The van der Waals surface area contributed by atoms with Crippen LogP contribution in [0.25, 0.3) is 0 Å². The zero-order chi connectivity index (χ0) is 13.1. The Morgan fingerprint density at radius 2 is 2.24 bits per heavy atom. The lowest BCUT2D eigenvalue weighted by Gasteiger charge is -2.40. The van der Waals surface area contributed by atoms with Gasteiger partial charge in [-0.05, 0) is 50.4 Å². The molecule has 0 bridgehead atoms. The van der Waals surface area contributed by atoms with E-state index >= 15 is 0 Å². The maximum Gasteiger partial charge on any atom is 0.328 e. The fourth-order valence-electron chi connectivity index (χ4n) is 2.92. The van der Waals surface area contributed by atoms with E-state index in [2.05, 4.69) is 20.4 Å². The molecule has 0 aromatic heterocycles. The zero-order valence-corrected chi connectivity index (χ0v) is 11.3. The maximum atomic E-state index is 10.6. The van der Waals surface area contributed by atoms with Gasteiger partial charge in [-0.2, -0.15) is 0 Å². The molecule has 1 N–H and O–H groups in total. The highest BCUT2D eigenvalue weighted by Gasteiger charge is 2.33. The van der Waals surface area contributed by atoms with Gasteiger partial charge in [0.1, 0.15) is 0 Å². The van der Waals surface area contributed by atoms with Crippen molar-refractivity contribution in [3.8, 4) is 0 Å². The Bertz CT molecular complexity index is 337. The van der Waals surface area contributed by atoms with Gasteiger partial charge >= 0.3 is 5.97 Å². The van der Waals surface area contributed by atoms with E-state index < -0.39 is 5.97 Å². The van der Waals surface area contributed by atoms with Gasteiger partial charge in [0.05, 0.1) is 0 Å². The van der Waals surface area contributed by atoms with Crippen LogP contribution in [-0.2, 0) is 4.79 Å². The van der Waals surface area contributed by atoms with Crippen LogP contribution in [0, 0.1) is 11.3 Å². The third-order valence-electron chi connectivity index (χ3n) is 3.95. The first-order valence-electron chi connectivity index (χ1n) is 6.40. The fraction of sp³-hybridized carbons (Fsp3) is 0.667. The molecule has 1 aliphatic rings. The molecule has 1 aliphatic carbocycles. The lowest BCUT2D eigenvalue weighted by molar-refractivity contribution is -0.131. The summed E-state index contributed by atoms with van der Waals surface area (Å²) < 4.78 is 0. The number of carboxylic acid groups (broad SMARTS) is 1. The molecule has 0 radical (unpaired) electrons. The van der Waals surface area contributed by atoms with Crippen molar-refractivity contribution in [1.29, 1.82) is 0 Å². The molecule has 1 fully saturated rings. The summed E-state index contributed by atoms with van der Waals surface area (Å²) in [5, 5.41) is 8.68. The van der Waals surface area contributed by atoms with Crippen molar-refractivity contribution in [1.82, 2.24) is 0 Å². The summed E-state index contributed by atoms with van der Waals surface area (Å²) in [5.74, 6) is -0.308. The highest BCUT2D eigenvalue weighted by molar-refractivity contribution is 5.80. The number of allylic oxidation sites excluding steroid dienone is 2. The molecule has 0 saturated heterocycles. The molecule has 1 atom stereocenters. The van der Waals surface area contributed by atoms with Gasteiger partial charge in [-0.3, -0.25) is 0 Å². The molecule has 0 spiro atoms. The predicted octanol–water partition coefficient (Wildman–Crippen LogP) is 4.18. The van der Waals surface area contributed by atoms with Crippen LogP contribution in [0.15, 0.2) is 23.8 Å². The third kappa shape index (κ3) is 4.03. The molecule has 1 rings (SSSR count). The Kier molecular flexibility index (Phi) is 4.55. The van der Waals surface area contributed by atoms with Crippen molar-refractivity contribution in [3.05, 3.63) is 23.8 Å². The molecule has 0 aromatic carbocycles. The molecule has 0 aromatic rings. The normalized spacial score (nSPS) is 24.8. The predicted molar refractivity (Wildman–Crippen MR) is 70.9 cm³/mol. The minimum absolute atomic E-state index is 0.318. The standard InChI is InChI=1S/C15H24O2/c1-11(10-14(16)17)7-8-13-12(2)6-5-9-15(13,3)4/h10,13H,2,5-9H2,1,3-4H3,(H,16,17)/b11-10+/t13-/m1/s1. The van der Waals surface area contributed by atoms with Crippen molar-refractivity contribution >= 4 is 5.97 Å². The van der Waals surface area contributed by atoms with Crippen molar-refractivity contribution in [2.45, 2.75) is 52.9 Å². The SMILES string of the molecule is C=C1CCCC(C)(C)[C@@H]1CC/C(C)=C/C(=O)O. The summed E-state index contributed by atoms with van der Waals surface area (Å²) in [5.41, 5.74) is 2.62. The minimum Gasteiger partial charge on any atom is -0.478 e. The molecule has 0 unspecified atom stereocenters. The number of rotatable bonds is 4. The first-order valence-corrected chi connectivity index (χ1v) is 6.40. The first kappa shape index (κ1) is 14.0. The Morgan fingerprint density at radius 1 is 1.59 bits per heavy atom. The number of aliphatic carboxylic acids is 1. The molecule has 0 amide bonds. The molecule has 2 heteroatoms. The summed E-state index contributed by atoms with van der Waals surface area (Å²) in [6.45, 7) is 10.7. The van der Waals surface area contributed by atoms with E-state index in [-0.39, 0.29) is 0 Å². The summed E-state index contributed by atoms with van der Waals surface area (Å²) in [6, 6.07) is 0. The van der Waals surface area contributed by atoms with Gasteiger partial charge in [0.15, 0.2) is 0 Å². The number of carbonyl (C=O) groups is 1. The van der Waals surface area contributed by atoms with Crippen LogP contribution in [0.5, 0.6) is 0 Å². The molecule has 96 valence electrons. The summed E-state index contributed by atoms with van der Waals surface area (Å²) in [6.07, 6.45) is 6.83. The van der Waals surface area contributed by atoms with E-state index in [4.69, 9.17) is 5.11 Å². The van der Waals surface area contributed by atoms with Crippen LogP contribution in [-0.4, -0.2) is 11.1 Å². The molecule has 1 saturated carbocycles. The van der Waals surface area contributed by atoms with Gasteiger partial charge in [0.2, 0.25) is 0 Å². The van der Waals surface area contributed by atoms with Gasteiger partial charge in [0.25, 0.3) is 0 Å². The average Bonchev–Trinajstić information content (AvgIpc) is 2.14. The van der Waals surface area contributed by atoms with Crippen LogP contribution in [0.1, 0.15) is 52.9 Å². The number of hydrogen-bond donors (Lipinski definition) is 1. The second-order valence-electron chi connectivity index (χ2n) is 5.92. The number of carboxylic acids is 1. The Balaban J connectivity index is 2.60. The lowest BCUT2D eigenvalue weighted by atomic mass is 9.65. The van der Waals surface area contributed by atoms with Crippen LogP contribution >= 0.6 is 0 Å². The van der Waals surface area contributed by atoms with Crippen molar-refractivity contribution in [3.63, 3.8) is 0 Å². The Labute approximate surface area is 104 Å². The fourth-order valence-corrected chi connectivity index (χ4v) is 2.92. The largest absolute Gasteiger partial charge is 0.478 e. The van der Waals surface area contributed by atoms with E-state index in [1.54, 1.807) is 0 Å². The second-order valence-corrected chi connectivity index (χ2v) is 5.92. The zero-order valence-electron chi connectivity index (χ0n) is 11.3. The van der Waals surface area contributed by atoms with Gasteiger partial charge in [0, 0.05) is 6.08 Å². The molecule has 2 nitrogen and oxygen atoms in total. The van der Waals surface area contributed by atoms with Crippen molar-refractivity contribution in [2.75, 3.05) is 0 Å². The summed E-state index contributed by atoms with van der Waals surface area (Å²) >= 11 is 0. The molecule has 17 heavy (non-hydrogen) atoms.